The monoisotopic (exact) mass is 434 g/mol. The van der Waals surface area contributed by atoms with Gasteiger partial charge in [-0.2, -0.15) is 4.68 Å². The van der Waals surface area contributed by atoms with Crippen LogP contribution in [0.4, 0.5) is 0 Å². The number of carbonyl (C=O) groups is 1. The van der Waals surface area contributed by atoms with Gasteiger partial charge in [-0.15, -0.1) is 5.10 Å². The van der Waals surface area contributed by atoms with Crippen LogP contribution < -0.4 is 9.47 Å². The van der Waals surface area contributed by atoms with Crippen LogP contribution in [-0.4, -0.2) is 46.0 Å². The molecule has 134 valence electrons. The van der Waals surface area contributed by atoms with E-state index >= 15 is 0 Å². The van der Waals surface area contributed by atoms with Crippen molar-refractivity contribution < 1.29 is 14.3 Å². The summed E-state index contributed by atoms with van der Waals surface area (Å²) in [5.74, 6) is 1.24. The minimum absolute atomic E-state index is 0.0543. The van der Waals surface area contributed by atoms with Crippen LogP contribution in [0.3, 0.4) is 0 Å². The number of nitrogens with zero attached hydrogens (tertiary/aromatic N) is 4. The van der Waals surface area contributed by atoms with E-state index in [1.54, 1.807) is 30.0 Å². The van der Waals surface area contributed by atoms with E-state index in [4.69, 9.17) is 9.47 Å². The number of Topliss-reactive ketones (excluding diaryl/α,β-unsaturated/α-hetero) is 1. The number of hydrogen-bond acceptors (Lipinski definition) is 7. The number of carbonyl (C=O) groups excluding carboxylic acids is 1. The highest BCUT2D eigenvalue weighted by Crippen LogP contribution is 2.28. The average molecular weight is 435 g/mol. The normalized spacial score (nSPS) is 10.6. The molecular weight excluding hydrogens is 420 g/mol. The first-order chi connectivity index (χ1) is 12.6. The molecule has 0 radical (unpaired) electrons. The summed E-state index contributed by atoms with van der Waals surface area (Å²) in [6.07, 6.45) is 0. The van der Waals surface area contributed by atoms with E-state index in [1.165, 1.54) is 18.9 Å². The lowest BCUT2D eigenvalue weighted by Gasteiger charge is -2.09. The number of methoxy groups -OCH3 is 2. The quantitative estimate of drug-likeness (QED) is 0.416. The zero-order valence-corrected chi connectivity index (χ0v) is 16.5. The van der Waals surface area contributed by atoms with Crippen LogP contribution in [0.15, 0.2) is 52.1 Å². The fourth-order valence-corrected chi connectivity index (χ4v) is 3.29. The van der Waals surface area contributed by atoms with Crippen molar-refractivity contribution in [1.29, 1.82) is 0 Å². The molecule has 0 saturated carbocycles. The second-order valence-corrected chi connectivity index (χ2v) is 6.99. The molecule has 0 bridgehead atoms. The van der Waals surface area contributed by atoms with E-state index < -0.39 is 0 Å². The van der Waals surface area contributed by atoms with Crippen LogP contribution in [0.25, 0.3) is 5.69 Å². The first-order valence-corrected chi connectivity index (χ1v) is 9.32. The molecule has 3 rings (SSSR count). The number of thioether (sulfide) groups is 1. The van der Waals surface area contributed by atoms with Crippen molar-refractivity contribution in [3.8, 4) is 17.2 Å². The third kappa shape index (κ3) is 4.05. The van der Waals surface area contributed by atoms with Gasteiger partial charge in [0.1, 0.15) is 0 Å². The van der Waals surface area contributed by atoms with E-state index in [-0.39, 0.29) is 11.5 Å². The topological polar surface area (TPSA) is 79.1 Å². The van der Waals surface area contributed by atoms with Gasteiger partial charge >= 0.3 is 0 Å². The summed E-state index contributed by atoms with van der Waals surface area (Å²) in [6, 6.07) is 12.7. The van der Waals surface area contributed by atoms with Crippen molar-refractivity contribution in [2.45, 2.75) is 5.16 Å². The second kappa shape index (κ2) is 8.33. The largest absolute Gasteiger partial charge is 0.493 e. The van der Waals surface area contributed by atoms with Crippen molar-refractivity contribution in [3.05, 3.63) is 52.5 Å². The molecule has 0 amide bonds. The number of halogens is 1. The highest BCUT2D eigenvalue weighted by atomic mass is 79.9. The molecule has 0 spiro atoms. The Morgan fingerprint density at radius 3 is 2.54 bits per heavy atom. The Morgan fingerprint density at radius 2 is 1.85 bits per heavy atom. The summed E-state index contributed by atoms with van der Waals surface area (Å²) >= 11 is 4.67. The number of benzene rings is 2. The summed E-state index contributed by atoms with van der Waals surface area (Å²) in [5.41, 5.74) is 1.36. The predicted octanol–water partition coefficient (Wildman–Crippen LogP) is 3.42. The predicted molar refractivity (Wildman–Crippen MR) is 101 cm³/mol. The fourth-order valence-electron chi connectivity index (χ4n) is 2.24. The maximum atomic E-state index is 12.5. The number of rotatable bonds is 7. The number of tetrazole rings is 1. The molecule has 1 heterocycles. The Labute approximate surface area is 162 Å². The molecule has 9 heteroatoms. The SMILES string of the molecule is COc1ccc(C(=O)CSc2nnnn2-c2ccc(Br)cc2)cc1OC. The number of ether oxygens (including phenoxy) is 2. The summed E-state index contributed by atoms with van der Waals surface area (Å²) in [7, 11) is 3.09. The summed E-state index contributed by atoms with van der Waals surface area (Å²) < 4.78 is 13.0. The number of aromatic nitrogens is 4. The van der Waals surface area contributed by atoms with Crippen LogP contribution in [0.2, 0.25) is 0 Å². The standard InChI is InChI=1S/C17H15BrN4O3S/c1-24-15-8-3-11(9-16(15)25-2)14(23)10-26-17-19-20-21-22(17)13-6-4-12(18)5-7-13/h3-9H,10H2,1-2H3. The molecule has 2 aromatic carbocycles. The van der Waals surface area contributed by atoms with Gasteiger partial charge in [0.15, 0.2) is 17.3 Å². The molecule has 0 N–H and O–H groups in total. The highest BCUT2D eigenvalue weighted by molar-refractivity contribution is 9.10. The minimum Gasteiger partial charge on any atom is -0.493 e. The molecule has 0 aliphatic carbocycles. The number of hydrogen-bond donors (Lipinski definition) is 0. The molecule has 0 fully saturated rings. The molecule has 26 heavy (non-hydrogen) atoms. The molecule has 0 atom stereocenters. The van der Waals surface area contributed by atoms with Gasteiger partial charge < -0.3 is 9.47 Å². The van der Waals surface area contributed by atoms with Crippen LogP contribution in [0.5, 0.6) is 11.5 Å². The first kappa shape index (κ1) is 18.4. The van der Waals surface area contributed by atoms with Crippen molar-refractivity contribution in [2.24, 2.45) is 0 Å². The fraction of sp³-hybridized carbons (Fsp3) is 0.176. The Balaban J connectivity index is 1.73. The zero-order valence-electron chi connectivity index (χ0n) is 14.0. The van der Waals surface area contributed by atoms with Gasteiger partial charge in [-0.25, -0.2) is 0 Å². The van der Waals surface area contributed by atoms with Gasteiger partial charge in [-0.05, 0) is 52.9 Å². The maximum Gasteiger partial charge on any atom is 0.214 e. The van der Waals surface area contributed by atoms with Gasteiger partial charge in [0.25, 0.3) is 0 Å². The van der Waals surface area contributed by atoms with Crippen molar-refractivity contribution >= 4 is 33.5 Å². The molecule has 0 aliphatic rings. The Kier molecular flexibility index (Phi) is 5.89. The average Bonchev–Trinajstić information content (AvgIpc) is 3.14. The Bertz CT molecular complexity index is 915. The molecule has 0 unspecified atom stereocenters. The van der Waals surface area contributed by atoms with Gasteiger partial charge in [-0.1, -0.05) is 27.7 Å². The van der Waals surface area contributed by atoms with Crippen LogP contribution in [0, 0.1) is 0 Å². The summed E-state index contributed by atoms with van der Waals surface area (Å²) in [4.78, 5) is 12.5. The summed E-state index contributed by atoms with van der Waals surface area (Å²) in [6.45, 7) is 0. The van der Waals surface area contributed by atoms with E-state index in [0.29, 0.717) is 22.2 Å². The van der Waals surface area contributed by atoms with E-state index in [1.807, 2.05) is 24.3 Å². The van der Waals surface area contributed by atoms with E-state index in [0.717, 1.165) is 10.2 Å². The third-order valence-corrected chi connectivity index (χ3v) is 5.00. The lowest BCUT2D eigenvalue weighted by molar-refractivity contribution is 0.102. The van der Waals surface area contributed by atoms with Crippen molar-refractivity contribution in [3.63, 3.8) is 0 Å². The number of ketones is 1. The van der Waals surface area contributed by atoms with Crippen LogP contribution in [0.1, 0.15) is 10.4 Å². The minimum atomic E-state index is -0.0543. The van der Waals surface area contributed by atoms with Gasteiger partial charge in [-0.3, -0.25) is 4.79 Å². The smallest absolute Gasteiger partial charge is 0.214 e. The second-order valence-electron chi connectivity index (χ2n) is 5.13. The third-order valence-electron chi connectivity index (χ3n) is 3.55. The van der Waals surface area contributed by atoms with Crippen molar-refractivity contribution in [1.82, 2.24) is 20.2 Å². The molecule has 7 nitrogen and oxygen atoms in total. The van der Waals surface area contributed by atoms with E-state index in [9.17, 15) is 4.79 Å². The van der Waals surface area contributed by atoms with Crippen LogP contribution >= 0.6 is 27.7 Å². The van der Waals surface area contributed by atoms with Crippen molar-refractivity contribution in [2.75, 3.05) is 20.0 Å². The Morgan fingerprint density at radius 1 is 1.12 bits per heavy atom. The Hall–Kier alpha value is -2.39. The lowest BCUT2D eigenvalue weighted by Crippen LogP contribution is -2.05. The molecule has 0 saturated heterocycles. The lowest BCUT2D eigenvalue weighted by atomic mass is 10.1. The highest BCUT2D eigenvalue weighted by Gasteiger charge is 2.14. The first-order valence-electron chi connectivity index (χ1n) is 7.54. The summed E-state index contributed by atoms with van der Waals surface area (Å²) in [5, 5.41) is 12.2. The molecule has 0 aliphatic heterocycles. The van der Waals surface area contributed by atoms with E-state index in [2.05, 4.69) is 31.5 Å². The van der Waals surface area contributed by atoms with Gasteiger partial charge in [0.05, 0.1) is 25.7 Å². The molecule has 1 aromatic heterocycles. The maximum absolute atomic E-state index is 12.5. The van der Waals surface area contributed by atoms with Gasteiger partial charge in [0, 0.05) is 10.0 Å². The molecule has 3 aromatic rings. The molecular formula is C17H15BrN4O3S. The van der Waals surface area contributed by atoms with Crippen LogP contribution in [-0.2, 0) is 0 Å². The zero-order chi connectivity index (χ0) is 18.5. The van der Waals surface area contributed by atoms with Gasteiger partial charge in [0.2, 0.25) is 5.16 Å².